The molecule has 0 aromatic rings. The number of hydrogen-bond donors (Lipinski definition) is 4. The second kappa shape index (κ2) is 47.2. The van der Waals surface area contributed by atoms with E-state index >= 15 is 0 Å². The van der Waals surface area contributed by atoms with E-state index < -0.39 is 82.3 Å². The molecule has 0 radical (unpaired) electrons. The highest BCUT2D eigenvalue weighted by atomic mass is 31.2. The van der Waals surface area contributed by atoms with Crippen molar-refractivity contribution in [3.63, 3.8) is 0 Å². The summed E-state index contributed by atoms with van der Waals surface area (Å²) in [5.74, 6) is 0. The summed E-state index contributed by atoms with van der Waals surface area (Å²) in [5.41, 5.74) is -0.495. The standard InChI is InChI=1S/C60H126O21P4/c1-15-29-57(30-16-2,31-17-3)48-69-41-53(27-13)78-85(67,68)77-52-73-45-54(42-70-49-58(32-18-4,33-19-5)34-20-6)79-83(63,64)75-47-56(44-72-51-60(38-24-10,39-25-11)40-26-12)81-84(65,66)76-46-55(80-82(61,62)74-28-14)43-71-50-59(35-21-7,36-22-8)37-23-9/h53-56H,15-52H2,1-14H3,(H,61,62)(H,63,64)(H,65,66)(H,67,68). The topological polar surface area (TPSA) is 269 Å². The number of hydrogen-bond acceptors (Lipinski definition) is 17. The summed E-state index contributed by atoms with van der Waals surface area (Å²) in [5, 5.41) is 0. The highest BCUT2D eigenvalue weighted by Crippen LogP contribution is 2.51. The van der Waals surface area contributed by atoms with Gasteiger partial charge in [0, 0.05) is 0 Å². The van der Waals surface area contributed by atoms with Gasteiger partial charge in [-0.1, -0.05) is 167 Å². The Balaban J connectivity index is 6.79. The van der Waals surface area contributed by atoms with E-state index in [-0.39, 0.29) is 61.3 Å². The maximum absolute atomic E-state index is 14.1. The first kappa shape index (κ1) is 85.2. The van der Waals surface area contributed by atoms with Gasteiger partial charge in [0.1, 0.15) is 18.3 Å². The fourth-order valence-electron chi connectivity index (χ4n) is 12.6. The molecule has 0 saturated heterocycles. The van der Waals surface area contributed by atoms with Gasteiger partial charge in [-0.15, -0.1) is 0 Å². The number of ether oxygens (including phenoxy) is 5. The Kier molecular flexibility index (Phi) is 47.3. The van der Waals surface area contributed by atoms with Crippen LogP contribution in [0.1, 0.15) is 257 Å². The zero-order chi connectivity index (χ0) is 64.4. The maximum Gasteiger partial charge on any atom is 0.474 e. The molecule has 8 unspecified atom stereocenters. The lowest BCUT2D eigenvalue weighted by Crippen LogP contribution is -2.33. The van der Waals surface area contributed by atoms with Gasteiger partial charge in [-0.2, -0.15) is 0 Å². The summed E-state index contributed by atoms with van der Waals surface area (Å²) in [6.45, 7) is 26.3. The first-order chi connectivity index (χ1) is 40.3. The Morgan fingerprint density at radius 2 is 0.494 bits per heavy atom. The van der Waals surface area contributed by atoms with Crippen LogP contribution in [-0.4, -0.2) is 130 Å². The van der Waals surface area contributed by atoms with E-state index in [1.54, 1.807) is 0 Å². The Hall–Kier alpha value is 0.240. The van der Waals surface area contributed by atoms with E-state index in [9.17, 15) is 37.8 Å². The summed E-state index contributed by atoms with van der Waals surface area (Å²) >= 11 is 0. The summed E-state index contributed by atoms with van der Waals surface area (Å²) in [6, 6.07) is 0. The van der Waals surface area contributed by atoms with Gasteiger partial charge in [0.2, 0.25) is 0 Å². The van der Waals surface area contributed by atoms with Crippen molar-refractivity contribution in [2.75, 3.05) is 86.1 Å². The predicted molar refractivity (Wildman–Crippen MR) is 336 cm³/mol. The first-order valence-corrected chi connectivity index (χ1v) is 38.8. The summed E-state index contributed by atoms with van der Waals surface area (Å²) in [4.78, 5) is 44.0. The molecule has 0 aliphatic carbocycles. The molecular weight excluding hydrogens is 1180 g/mol. The Morgan fingerprint density at radius 1 is 0.282 bits per heavy atom. The lowest BCUT2D eigenvalue weighted by Gasteiger charge is -2.34. The molecule has 0 amide bonds. The van der Waals surface area contributed by atoms with Crippen molar-refractivity contribution in [1.29, 1.82) is 0 Å². The highest BCUT2D eigenvalue weighted by molar-refractivity contribution is 7.48. The lowest BCUT2D eigenvalue weighted by molar-refractivity contribution is -0.0812. The van der Waals surface area contributed by atoms with E-state index in [0.717, 1.165) is 154 Å². The molecule has 0 aliphatic heterocycles. The molecule has 8 atom stereocenters. The van der Waals surface area contributed by atoms with Crippen molar-refractivity contribution < 1.29 is 97.7 Å². The van der Waals surface area contributed by atoms with Crippen LogP contribution in [-0.2, 0) is 78.1 Å². The quantitative estimate of drug-likeness (QED) is 0.0250. The molecule has 0 spiro atoms. The molecule has 0 fully saturated rings. The minimum Gasteiger partial charge on any atom is -0.378 e. The summed E-state index contributed by atoms with van der Waals surface area (Å²) < 4.78 is 128. The molecule has 0 aromatic carbocycles. The molecule has 0 aromatic heterocycles. The first-order valence-electron chi connectivity index (χ1n) is 32.8. The molecule has 0 bridgehead atoms. The van der Waals surface area contributed by atoms with Crippen LogP contribution in [0, 0.1) is 21.7 Å². The van der Waals surface area contributed by atoms with Crippen LogP contribution in [0.2, 0.25) is 0 Å². The molecule has 0 rings (SSSR count). The van der Waals surface area contributed by atoms with Crippen molar-refractivity contribution >= 4 is 31.3 Å². The van der Waals surface area contributed by atoms with Crippen molar-refractivity contribution in [2.24, 2.45) is 21.7 Å². The van der Waals surface area contributed by atoms with E-state index in [2.05, 4.69) is 83.1 Å². The van der Waals surface area contributed by atoms with Crippen LogP contribution in [0.3, 0.4) is 0 Å². The molecule has 0 aliphatic rings. The van der Waals surface area contributed by atoms with E-state index in [0.29, 0.717) is 26.2 Å². The SMILES string of the molecule is CCCC(CCC)(CCC)COCC(CC)OP(=O)(O)OCOCC(COCC(CCC)(CCC)CCC)OP(=O)(O)OCC(COCC(CCC)(CCC)CCC)OP(=O)(O)OCC(COCC(CCC)(CCC)CCC)OP(=O)(O)OCC. The van der Waals surface area contributed by atoms with Gasteiger partial charge in [0.05, 0.1) is 85.4 Å². The molecule has 0 saturated carbocycles. The second-order valence-corrected chi connectivity index (χ2v) is 29.5. The number of phosphoric ester groups is 4. The van der Waals surface area contributed by atoms with Crippen LogP contribution >= 0.6 is 31.3 Å². The third-order valence-corrected chi connectivity index (χ3v) is 19.8. The van der Waals surface area contributed by atoms with Gasteiger partial charge in [-0.25, -0.2) is 18.3 Å². The van der Waals surface area contributed by atoms with Gasteiger partial charge in [-0.3, -0.25) is 36.2 Å². The van der Waals surface area contributed by atoms with Crippen molar-refractivity contribution in [2.45, 2.75) is 282 Å². The second-order valence-electron chi connectivity index (χ2n) is 23.9. The van der Waals surface area contributed by atoms with E-state index in [1.165, 1.54) is 6.92 Å². The van der Waals surface area contributed by atoms with Gasteiger partial charge >= 0.3 is 31.3 Å². The monoisotopic (exact) mass is 1310 g/mol. The Morgan fingerprint density at radius 3 is 0.741 bits per heavy atom. The Labute approximate surface area is 516 Å². The van der Waals surface area contributed by atoms with Crippen molar-refractivity contribution in [3.8, 4) is 0 Å². The Bertz CT molecular complexity index is 1770. The van der Waals surface area contributed by atoms with E-state index in [1.807, 2.05) is 6.92 Å². The number of rotatable bonds is 62. The molecule has 512 valence electrons. The van der Waals surface area contributed by atoms with Crippen molar-refractivity contribution in [3.05, 3.63) is 0 Å². The third-order valence-electron chi connectivity index (χ3n) is 15.5. The van der Waals surface area contributed by atoms with Crippen LogP contribution < -0.4 is 0 Å². The van der Waals surface area contributed by atoms with Gasteiger partial charge < -0.3 is 43.3 Å². The lowest BCUT2D eigenvalue weighted by atomic mass is 9.76. The van der Waals surface area contributed by atoms with Gasteiger partial charge in [0.15, 0.2) is 6.79 Å². The minimum absolute atomic E-state index is 0.0222. The molecule has 21 nitrogen and oxygen atoms in total. The average Bonchev–Trinajstić information content (AvgIpc) is 3.47. The largest absolute Gasteiger partial charge is 0.474 e. The highest BCUT2D eigenvalue weighted by Gasteiger charge is 2.38. The minimum atomic E-state index is -5.16. The van der Waals surface area contributed by atoms with Crippen molar-refractivity contribution in [1.82, 2.24) is 0 Å². The normalized spacial score (nSPS) is 17.2. The fourth-order valence-corrected chi connectivity index (χ4v) is 16.2. The smallest absolute Gasteiger partial charge is 0.378 e. The zero-order valence-corrected chi connectivity index (χ0v) is 59.3. The molecular formula is C60H126O21P4. The molecule has 85 heavy (non-hydrogen) atoms. The predicted octanol–water partition coefficient (Wildman–Crippen LogP) is 17.0. The van der Waals surface area contributed by atoms with Crippen LogP contribution in [0.5, 0.6) is 0 Å². The molecule has 4 N–H and O–H groups in total. The van der Waals surface area contributed by atoms with Crippen LogP contribution in [0.4, 0.5) is 0 Å². The molecule has 0 heterocycles. The third kappa shape index (κ3) is 38.1. The van der Waals surface area contributed by atoms with Crippen LogP contribution in [0.15, 0.2) is 0 Å². The van der Waals surface area contributed by atoms with Gasteiger partial charge in [-0.05, 0) is 112 Å². The van der Waals surface area contributed by atoms with Crippen LogP contribution in [0.25, 0.3) is 0 Å². The zero-order valence-electron chi connectivity index (χ0n) is 55.7. The molecule has 25 heteroatoms. The fraction of sp³-hybridized carbons (Fsp3) is 1.00. The average molecular weight is 1310 g/mol. The van der Waals surface area contributed by atoms with Gasteiger partial charge in [0.25, 0.3) is 0 Å². The summed E-state index contributed by atoms with van der Waals surface area (Å²) in [7, 11) is -19.7. The number of phosphoric acid groups is 4. The maximum atomic E-state index is 14.1. The summed E-state index contributed by atoms with van der Waals surface area (Å²) in [6.07, 6.45) is 17.7. The van der Waals surface area contributed by atoms with E-state index in [4.69, 9.17) is 59.9 Å².